The number of hydrogen-bond donors (Lipinski definition) is 1. The number of aryl methyl sites for hydroxylation is 1. The quantitative estimate of drug-likeness (QED) is 0.779. The Hall–Kier alpha value is -1.44. The minimum atomic E-state index is -0.322. The van der Waals surface area contributed by atoms with E-state index in [4.69, 9.17) is 15.2 Å². The van der Waals surface area contributed by atoms with Crippen molar-refractivity contribution in [3.05, 3.63) is 17.5 Å². The first-order valence-corrected chi connectivity index (χ1v) is 7.30. The fraction of sp³-hybridized carbons (Fsp3) is 0.714. The zero-order chi connectivity index (χ0) is 15.4. The maximum atomic E-state index is 12.0. The van der Waals surface area contributed by atoms with Crippen LogP contribution in [0.4, 0.5) is 0 Å². The Morgan fingerprint density at radius 1 is 1.67 bits per heavy atom. The highest BCUT2D eigenvalue weighted by Crippen LogP contribution is 2.15. The van der Waals surface area contributed by atoms with Crippen LogP contribution in [0, 0.1) is 0 Å². The predicted octanol–water partition coefficient (Wildman–Crippen LogP) is 0.145. The summed E-state index contributed by atoms with van der Waals surface area (Å²) >= 11 is 0. The molecule has 0 bridgehead atoms. The third kappa shape index (κ3) is 3.81. The molecule has 21 heavy (non-hydrogen) atoms. The molecule has 1 aromatic rings. The van der Waals surface area contributed by atoms with E-state index in [1.807, 2.05) is 14.0 Å². The van der Waals surface area contributed by atoms with Crippen molar-refractivity contribution in [1.82, 2.24) is 14.7 Å². The third-order valence-electron chi connectivity index (χ3n) is 3.69. The van der Waals surface area contributed by atoms with E-state index in [0.29, 0.717) is 25.3 Å². The van der Waals surface area contributed by atoms with Crippen LogP contribution in [0.3, 0.4) is 0 Å². The first kappa shape index (κ1) is 15.9. The zero-order valence-electron chi connectivity index (χ0n) is 12.9. The lowest BCUT2D eigenvalue weighted by Gasteiger charge is -2.34. The molecular weight excluding hydrogens is 272 g/mol. The van der Waals surface area contributed by atoms with Crippen LogP contribution < -0.4 is 5.73 Å². The van der Waals surface area contributed by atoms with Crippen LogP contribution in [0.25, 0.3) is 0 Å². The maximum Gasteiger partial charge on any atom is 0.341 e. The van der Waals surface area contributed by atoms with E-state index < -0.39 is 0 Å². The Morgan fingerprint density at radius 3 is 3.10 bits per heavy atom. The third-order valence-corrected chi connectivity index (χ3v) is 3.69. The van der Waals surface area contributed by atoms with Gasteiger partial charge in [0.25, 0.3) is 0 Å². The van der Waals surface area contributed by atoms with Gasteiger partial charge in [-0.15, -0.1) is 0 Å². The molecule has 2 rings (SSSR count). The molecule has 7 nitrogen and oxygen atoms in total. The number of morpholine rings is 1. The zero-order valence-corrected chi connectivity index (χ0v) is 12.9. The van der Waals surface area contributed by atoms with Crippen molar-refractivity contribution in [2.45, 2.75) is 32.5 Å². The molecule has 0 aliphatic carbocycles. The molecule has 2 heterocycles. The number of rotatable bonds is 5. The molecule has 0 saturated carbocycles. The molecule has 2 atom stereocenters. The molecule has 1 fully saturated rings. The maximum absolute atomic E-state index is 12.0. The Kier molecular flexibility index (Phi) is 5.33. The molecule has 0 radical (unpaired) electrons. The van der Waals surface area contributed by atoms with Gasteiger partial charge in [0.05, 0.1) is 31.2 Å². The molecule has 0 amide bonds. The first-order valence-electron chi connectivity index (χ1n) is 7.30. The van der Waals surface area contributed by atoms with E-state index in [2.05, 4.69) is 10.00 Å². The lowest BCUT2D eigenvalue weighted by Crippen LogP contribution is -2.49. The summed E-state index contributed by atoms with van der Waals surface area (Å²) < 4.78 is 12.5. The van der Waals surface area contributed by atoms with Crippen molar-refractivity contribution in [3.63, 3.8) is 0 Å². The topological polar surface area (TPSA) is 82.6 Å². The molecule has 118 valence electrons. The first-order chi connectivity index (χ1) is 10.0. The Bertz CT molecular complexity index is 487. The molecule has 1 saturated heterocycles. The second-order valence-corrected chi connectivity index (χ2v) is 5.35. The highest BCUT2D eigenvalue weighted by Gasteiger charge is 2.26. The number of aromatic nitrogens is 2. The number of esters is 1. The van der Waals surface area contributed by atoms with Crippen LogP contribution in [-0.4, -0.2) is 59.1 Å². The lowest BCUT2D eigenvalue weighted by atomic mass is 10.1. The average molecular weight is 296 g/mol. The smallest absolute Gasteiger partial charge is 0.341 e. The number of ether oxygens (including phenoxy) is 2. The minimum Gasteiger partial charge on any atom is -0.462 e. The van der Waals surface area contributed by atoms with Crippen LogP contribution >= 0.6 is 0 Å². The van der Waals surface area contributed by atoms with E-state index >= 15 is 0 Å². The summed E-state index contributed by atoms with van der Waals surface area (Å²) in [6.45, 7) is 6.96. The summed E-state index contributed by atoms with van der Waals surface area (Å²) in [5.41, 5.74) is 7.30. The second kappa shape index (κ2) is 7.02. The van der Waals surface area contributed by atoms with E-state index in [0.717, 1.165) is 18.8 Å². The van der Waals surface area contributed by atoms with E-state index in [9.17, 15) is 4.79 Å². The summed E-state index contributed by atoms with van der Waals surface area (Å²) in [4.78, 5) is 14.2. The number of nitrogens with two attached hydrogens (primary N) is 1. The fourth-order valence-electron chi connectivity index (χ4n) is 2.43. The minimum absolute atomic E-state index is 0.0103. The van der Waals surface area contributed by atoms with Crippen molar-refractivity contribution in [3.8, 4) is 0 Å². The molecule has 1 aliphatic rings. The van der Waals surface area contributed by atoms with Crippen LogP contribution in [-0.2, 0) is 23.1 Å². The highest BCUT2D eigenvalue weighted by atomic mass is 16.5. The van der Waals surface area contributed by atoms with Crippen molar-refractivity contribution in [1.29, 1.82) is 0 Å². The molecule has 1 aliphatic heterocycles. The van der Waals surface area contributed by atoms with Crippen molar-refractivity contribution in [2.24, 2.45) is 12.8 Å². The van der Waals surface area contributed by atoms with Gasteiger partial charge in [0, 0.05) is 32.7 Å². The average Bonchev–Trinajstić information content (AvgIpc) is 2.81. The van der Waals surface area contributed by atoms with Crippen LogP contribution in [0.5, 0.6) is 0 Å². The van der Waals surface area contributed by atoms with Gasteiger partial charge >= 0.3 is 5.97 Å². The van der Waals surface area contributed by atoms with E-state index in [1.54, 1.807) is 17.8 Å². The van der Waals surface area contributed by atoms with Gasteiger partial charge < -0.3 is 15.2 Å². The second-order valence-electron chi connectivity index (χ2n) is 5.35. The van der Waals surface area contributed by atoms with Gasteiger partial charge in [-0.3, -0.25) is 9.58 Å². The molecular formula is C14H24N4O3. The van der Waals surface area contributed by atoms with Crippen molar-refractivity contribution < 1.29 is 14.3 Å². The van der Waals surface area contributed by atoms with Gasteiger partial charge in [-0.2, -0.15) is 5.10 Å². The molecule has 2 unspecified atom stereocenters. The predicted molar refractivity (Wildman–Crippen MR) is 77.8 cm³/mol. The Balaban J connectivity index is 2.08. The summed E-state index contributed by atoms with van der Waals surface area (Å²) in [5.74, 6) is -0.322. The molecule has 0 spiro atoms. The van der Waals surface area contributed by atoms with Gasteiger partial charge in [-0.05, 0) is 13.8 Å². The normalized spacial score (nSPS) is 21.2. The summed E-state index contributed by atoms with van der Waals surface area (Å²) in [6.07, 6.45) is 1.59. The number of carbonyl (C=O) groups excluding carboxylic acids is 1. The van der Waals surface area contributed by atoms with Gasteiger partial charge in [0.1, 0.15) is 5.56 Å². The van der Waals surface area contributed by atoms with Crippen LogP contribution in [0.1, 0.15) is 29.9 Å². The van der Waals surface area contributed by atoms with Gasteiger partial charge in [0.2, 0.25) is 0 Å². The SMILES string of the molecule is CCOC(=O)c1cnn(C)c1CN1CCOC(C(C)N)C1. The van der Waals surface area contributed by atoms with E-state index in [1.165, 1.54) is 0 Å². The molecule has 1 aromatic heterocycles. The fourth-order valence-corrected chi connectivity index (χ4v) is 2.43. The molecule has 0 aromatic carbocycles. The Labute approximate surface area is 125 Å². The van der Waals surface area contributed by atoms with Crippen molar-refractivity contribution >= 4 is 5.97 Å². The van der Waals surface area contributed by atoms with Crippen LogP contribution in [0.2, 0.25) is 0 Å². The van der Waals surface area contributed by atoms with Crippen LogP contribution in [0.15, 0.2) is 6.20 Å². The Morgan fingerprint density at radius 2 is 2.43 bits per heavy atom. The number of carbonyl (C=O) groups is 1. The van der Waals surface area contributed by atoms with Crippen molar-refractivity contribution in [2.75, 3.05) is 26.3 Å². The highest BCUT2D eigenvalue weighted by molar-refractivity contribution is 5.90. The molecule has 7 heteroatoms. The standard InChI is InChI=1S/C14H24N4O3/c1-4-20-14(19)11-7-16-17(3)12(11)8-18-5-6-21-13(9-18)10(2)15/h7,10,13H,4-6,8-9,15H2,1-3H3. The van der Waals surface area contributed by atoms with Gasteiger partial charge in [0.15, 0.2) is 0 Å². The molecule has 2 N–H and O–H groups in total. The monoisotopic (exact) mass is 296 g/mol. The summed E-state index contributed by atoms with van der Waals surface area (Å²) in [6, 6.07) is -0.0103. The lowest BCUT2D eigenvalue weighted by molar-refractivity contribution is -0.0410. The summed E-state index contributed by atoms with van der Waals surface area (Å²) in [7, 11) is 1.83. The number of nitrogens with zero attached hydrogens (tertiary/aromatic N) is 3. The van der Waals surface area contributed by atoms with Gasteiger partial charge in [-0.1, -0.05) is 0 Å². The number of hydrogen-bond acceptors (Lipinski definition) is 6. The van der Waals surface area contributed by atoms with E-state index in [-0.39, 0.29) is 18.1 Å². The van der Waals surface area contributed by atoms with Gasteiger partial charge in [-0.25, -0.2) is 4.79 Å². The largest absolute Gasteiger partial charge is 0.462 e. The summed E-state index contributed by atoms with van der Waals surface area (Å²) in [5, 5.41) is 4.17.